The first-order valence-electron chi connectivity index (χ1n) is 5.92. The van der Waals surface area contributed by atoms with Crippen LogP contribution in [0.3, 0.4) is 0 Å². The van der Waals surface area contributed by atoms with Gasteiger partial charge in [0.25, 0.3) is 0 Å². The van der Waals surface area contributed by atoms with Crippen molar-refractivity contribution in [2.45, 2.75) is 6.04 Å². The highest BCUT2D eigenvalue weighted by molar-refractivity contribution is 9.11. The van der Waals surface area contributed by atoms with E-state index in [4.69, 9.17) is 0 Å². The van der Waals surface area contributed by atoms with Crippen LogP contribution in [-0.4, -0.2) is 27.7 Å². The first-order chi connectivity index (χ1) is 9.69. The highest BCUT2D eigenvalue weighted by atomic mass is 79.9. The summed E-state index contributed by atoms with van der Waals surface area (Å²) in [4.78, 5) is 9.36. The summed E-state index contributed by atoms with van der Waals surface area (Å²) in [7, 11) is 0. The summed E-state index contributed by atoms with van der Waals surface area (Å²) in [6.07, 6.45) is 6.67. The number of aromatic nitrogens is 2. The van der Waals surface area contributed by atoms with Crippen LogP contribution in [-0.2, 0) is 0 Å². The van der Waals surface area contributed by atoms with E-state index in [1.807, 2.05) is 12.1 Å². The van der Waals surface area contributed by atoms with Gasteiger partial charge in [0.05, 0.1) is 21.8 Å². The smallest absolute Gasteiger partial charge is 0.138 e. The number of halogens is 1. The topological polar surface area (TPSA) is 58.0 Å². The van der Waals surface area contributed by atoms with Crippen LogP contribution in [0.1, 0.15) is 0 Å². The van der Waals surface area contributed by atoms with Gasteiger partial charge in [0.15, 0.2) is 0 Å². The number of aliphatic hydroxyl groups excluding tert-OH is 1. The molecule has 0 aliphatic rings. The fraction of sp³-hybridized carbons (Fsp3) is 0.143. The van der Waals surface area contributed by atoms with Crippen molar-refractivity contribution in [2.24, 2.45) is 0 Å². The molecule has 0 spiro atoms. The Balaban J connectivity index is 2.36. The summed E-state index contributed by atoms with van der Waals surface area (Å²) in [6.45, 7) is 7.35. The van der Waals surface area contributed by atoms with Crippen LogP contribution < -0.4 is 5.32 Å². The van der Waals surface area contributed by atoms with Gasteiger partial charge in [-0.05, 0) is 27.6 Å². The van der Waals surface area contributed by atoms with E-state index in [1.165, 1.54) is 17.7 Å². The van der Waals surface area contributed by atoms with Crippen LogP contribution in [0.5, 0.6) is 0 Å². The Kier molecular flexibility index (Phi) is 5.05. The standard InChI is InChI=1S/C14H14BrN3OS/c1-3-5-9(4-2)11(7-19)18-13-10-6-12(15)20-14(10)17-8-16-13/h3-6,8,11,19H,1-2,7H2,(H,16,17,18)/b9-5+/t11-/m1/s1. The van der Waals surface area contributed by atoms with Gasteiger partial charge in [-0.2, -0.15) is 0 Å². The molecule has 0 aromatic carbocycles. The van der Waals surface area contributed by atoms with Crippen LogP contribution in [0, 0.1) is 0 Å². The zero-order valence-electron chi connectivity index (χ0n) is 10.7. The highest BCUT2D eigenvalue weighted by Crippen LogP contribution is 2.32. The molecule has 0 saturated heterocycles. The van der Waals surface area contributed by atoms with E-state index >= 15 is 0 Å². The second-order valence-corrected chi connectivity index (χ2v) is 6.39. The molecule has 2 rings (SSSR count). The molecule has 2 aromatic rings. The lowest BCUT2D eigenvalue weighted by molar-refractivity contribution is 0.288. The predicted octanol–water partition coefficient (Wildman–Crippen LogP) is 3.53. The molecule has 4 nitrogen and oxygen atoms in total. The van der Waals surface area contributed by atoms with Gasteiger partial charge in [0, 0.05) is 0 Å². The van der Waals surface area contributed by atoms with Crippen LogP contribution >= 0.6 is 27.3 Å². The van der Waals surface area contributed by atoms with Crippen molar-refractivity contribution >= 4 is 43.3 Å². The fourth-order valence-electron chi connectivity index (χ4n) is 1.80. The van der Waals surface area contributed by atoms with Crippen molar-refractivity contribution in [2.75, 3.05) is 11.9 Å². The summed E-state index contributed by atoms with van der Waals surface area (Å²) in [5, 5.41) is 13.7. The third-order valence-electron chi connectivity index (χ3n) is 2.74. The lowest BCUT2D eigenvalue weighted by Gasteiger charge is -2.18. The van der Waals surface area contributed by atoms with Crippen LogP contribution in [0.15, 0.2) is 53.1 Å². The number of allylic oxidation sites excluding steroid dienone is 2. The number of thiophene rings is 1. The summed E-state index contributed by atoms with van der Waals surface area (Å²) < 4.78 is 0.988. The van der Waals surface area contributed by atoms with Gasteiger partial charge in [-0.15, -0.1) is 11.3 Å². The second kappa shape index (κ2) is 6.78. The Bertz CT molecular complexity index is 665. The average Bonchev–Trinajstić information content (AvgIpc) is 2.83. The van der Waals surface area contributed by atoms with Gasteiger partial charge in [-0.1, -0.05) is 31.4 Å². The minimum absolute atomic E-state index is 0.0670. The molecule has 2 heterocycles. The molecular formula is C14H14BrN3OS. The largest absolute Gasteiger partial charge is 0.394 e. The Labute approximate surface area is 129 Å². The molecule has 20 heavy (non-hydrogen) atoms. The first-order valence-corrected chi connectivity index (χ1v) is 7.53. The van der Waals surface area contributed by atoms with Gasteiger partial charge in [0.2, 0.25) is 0 Å². The van der Waals surface area contributed by atoms with Crippen molar-refractivity contribution in [3.05, 3.63) is 53.1 Å². The summed E-state index contributed by atoms with van der Waals surface area (Å²) in [5.41, 5.74) is 0.851. The predicted molar refractivity (Wildman–Crippen MR) is 88.1 cm³/mol. The molecule has 2 aromatic heterocycles. The summed E-state index contributed by atoms with van der Waals surface area (Å²) in [5.74, 6) is 0.688. The van der Waals surface area contributed by atoms with Gasteiger partial charge in [-0.3, -0.25) is 0 Å². The quantitative estimate of drug-likeness (QED) is 0.781. The first kappa shape index (κ1) is 14.9. The van der Waals surface area contributed by atoms with Crippen LogP contribution in [0.4, 0.5) is 5.82 Å². The lowest BCUT2D eigenvalue weighted by Crippen LogP contribution is -2.26. The van der Waals surface area contributed by atoms with E-state index in [0.717, 1.165) is 19.6 Å². The molecule has 0 bridgehead atoms. The van der Waals surface area contributed by atoms with E-state index in [-0.39, 0.29) is 12.6 Å². The number of nitrogens with zero attached hydrogens (tertiary/aromatic N) is 2. The van der Waals surface area contributed by atoms with Crippen LogP contribution in [0.25, 0.3) is 10.2 Å². The van der Waals surface area contributed by atoms with E-state index < -0.39 is 0 Å². The number of fused-ring (bicyclic) bond motifs is 1. The molecule has 0 aliphatic heterocycles. The Morgan fingerprint density at radius 1 is 1.50 bits per heavy atom. The number of aliphatic hydroxyl groups is 1. The number of hydrogen-bond donors (Lipinski definition) is 2. The zero-order chi connectivity index (χ0) is 14.5. The molecule has 0 fully saturated rings. The van der Waals surface area contributed by atoms with Crippen molar-refractivity contribution < 1.29 is 5.11 Å². The molecule has 1 atom stereocenters. The number of nitrogens with one attached hydrogen (secondary N) is 1. The van der Waals surface area contributed by atoms with E-state index in [1.54, 1.807) is 12.2 Å². The number of hydrogen-bond acceptors (Lipinski definition) is 5. The maximum atomic E-state index is 9.56. The SMILES string of the molecule is C=C/C=C(\C=C)[C@@H](CO)Nc1ncnc2sc(Br)cc12. The molecule has 6 heteroatoms. The maximum absolute atomic E-state index is 9.56. The third-order valence-corrected chi connectivity index (χ3v) is 4.29. The average molecular weight is 352 g/mol. The van der Waals surface area contributed by atoms with Crippen molar-refractivity contribution in [1.29, 1.82) is 0 Å². The fourth-order valence-corrected chi connectivity index (χ4v) is 3.22. The molecule has 0 amide bonds. The maximum Gasteiger partial charge on any atom is 0.138 e. The number of anilines is 1. The van der Waals surface area contributed by atoms with Gasteiger partial charge >= 0.3 is 0 Å². The molecule has 2 N–H and O–H groups in total. The molecule has 0 radical (unpaired) electrons. The third kappa shape index (κ3) is 3.15. The Hall–Kier alpha value is -1.50. The van der Waals surface area contributed by atoms with Crippen LogP contribution in [0.2, 0.25) is 0 Å². The highest BCUT2D eigenvalue weighted by Gasteiger charge is 2.14. The van der Waals surface area contributed by atoms with Crippen molar-refractivity contribution in [3.63, 3.8) is 0 Å². The molecule has 0 unspecified atom stereocenters. The zero-order valence-corrected chi connectivity index (χ0v) is 13.1. The summed E-state index contributed by atoms with van der Waals surface area (Å²) >= 11 is 4.98. The van der Waals surface area contributed by atoms with Gasteiger partial charge in [0.1, 0.15) is 17.0 Å². The normalized spacial score (nSPS) is 13.2. The second-order valence-electron chi connectivity index (χ2n) is 3.98. The van der Waals surface area contributed by atoms with E-state index in [9.17, 15) is 5.11 Å². The molecule has 104 valence electrons. The van der Waals surface area contributed by atoms with Gasteiger partial charge < -0.3 is 10.4 Å². The van der Waals surface area contributed by atoms with Crippen molar-refractivity contribution in [1.82, 2.24) is 9.97 Å². The molecule has 0 saturated carbocycles. The van der Waals surface area contributed by atoms with Crippen molar-refractivity contribution in [3.8, 4) is 0 Å². The van der Waals surface area contributed by atoms with E-state index in [2.05, 4.69) is 44.4 Å². The summed E-state index contributed by atoms with van der Waals surface area (Å²) in [6, 6.07) is 1.67. The number of rotatable bonds is 6. The molecule has 0 aliphatic carbocycles. The Morgan fingerprint density at radius 2 is 2.30 bits per heavy atom. The van der Waals surface area contributed by atoms with Gasteiger partial charge in [-0.25, -0.2) is 9.97 Å². The Morgan fingerprint density at radius 3 is 2.95 bits per heavy atom. The molecular weight excluding hydrogens is 338 g/mol. The minimum atomic E-state index is -0.290. The minimum Gasteiger partial charge on any atom is -0.394 e. The lowest BCUT2D eigenvalue weighted by atomic mass is 10.1. The monoisotopic (exact) mass is 351 g/mol. The van der Waals surface area contributed by atoms with E-state index in [0.29, 0.717) is 5.82 Å².